The summed E-state index contributed by atoms with van der Waals surface area (Å²) in [5.41, 5.74) is 1.10. The predicted octanol–water partition coefficient (Wildman–Crippen LogP) is 2.34. The molecule has 76 valence electrons. The van der Waals surface area contributed by atoms with Gasteiger partial charge in [0.25, 0.3) is 0 Å². The second kappa shape index (κ2) is 6.33. The van der Waals surface area contributed by atoms with E-state index < -0.39 is 0 Å². The molecule has 2 heteroatoms. The average Bonchev–Trinajstić information content (AvgIpc) is 2.20. The first-order valence-corrected chi connectivity index (χ1v) is 5.01. The van der Waals surface area contributed by atoms with Crippen LogP contribution >= 0.6 is 0 Å². The molecule has 0 spiro atoms. The van der Waals surface area contributed by atoms with Crippen molar-refractivity contribution in [2.45, 2.75) is 31.8 Å². The number of hydrogen-bond donors (Lipinski definition) is 1. The van der Waals surface area contributed by atoms with Gasteiger partial charge in [0.2, 0.25) is 0 Å². The third kappa shape index (κ3) is 4.19. The molecule has 0 saturated heterocycles. The molecule has 0 fully saturated rings. The van der Waals surface area contributed by atoms with Crippen molar-refractivity contribution in [1.29, 1.82) is 0 Å². The summed E-state index contributed by atoms with van der Waals surface area (Å²) < 4.78 is 0. The van der Waals surface area contributed by atoms with Gasteiger partial charge in [-0.1, -0.05) is 12.1 Å². The van der Waals surface area contributed by atoms with Gasteiger partial charge in [-0.15, -0.1) is 6.58 Å². The maximum absolute atomic E-state index is 9.67. The number of aromatic nitrogens is 1. The van der Waals surface area contributed by atoms with Gasteiger partial charge < -0.3 is 5.11 Å². The molecular weight excluding hydrogens is 174 g/mol. The highest BCUT2D eigenvalue weighted by Gasteiger charge is 2.04. The summed E-state index contributed by atoms with van der Waals surface area (Å²) in [5.74, 6) is 0. The Hall–Kier alpha value is -1.15. The molecule has 1 rings (SSSR count). The molecule has 1 heterocycles. The molecule has 14 heavy (non-hydrogen) atoms. The number of aliphatic hydroxyl groups is 1. The van der Waals surface area contributed by atoms with Crippen molar-refractivity contribution in [3.8, 4) is 0 Å². The molecule has 1 aromatic rings. The molecule has 0 bridgehead atoms. The molecule has 0 saturated carbocycles. The lowest BCUT2D eigenvalue weighted by Gasteiger charge is -2.08. The molecule has 0 aliphatic heterocycles. The van der Waals surface area contributed by atoms with Crippen molar-refractivity contribution in [1.82, 2.24) is 4.98 Å². The quantitative estimate of drug-likeness (QED) is 0.553. The Kier molecular flexibility index (Phi) is 4.94. The fourth-order valence-electron chi connectivity index (χ4n) is 1.39. The Morgan fingerprint density at radius 3 is 3.07 bits per heavy atom. The zero-order valence-electron chi connectivity index (χ0n) is 8.39. The van der Waals surface area contributed by atoms with Gasteiger partial charge in [-0.3, -0.25) is 4.98 Å². The van der Waals surface area contributed by atoms with Crippen LogP contribution in [0.1, 0.15) is 24.8 Å². The number of unbranched alkanes of at least 4 members (excludes halogenated alkanes) is 1. The number of nitrogens with zero attached hydrogens (tertiary/aromatic N) is 1. The Bertz CT molecular complexity index is 258. The molecule has 1 N–H and O–H groups in total. The van der Waals surface area contributed by atoms with Crippen LogP contribution in [0.5, 0.6) is 0 Å². The smallest absolute Gasteiger partial charge is 0.0581 e. The maximum Gasteiger partial charge on any atom is 0.0581 e. The van der Waals surface area contributed by atoms with Gasteiger partial charge in [0.05, 0.1) is 6.10 Å². The highest BCUT2D eigenvalue weighted by Crippen LogP contribution is 2.07. The van der Waals surface area contributed by atoms with E-state index >= 15 is 0 Å². The summed E-state index contributed by atoms with van der Waals surface area (Å²) in [6, 6.07) is 3.88. The van der Waals surface area contributed by atoms with Crippen molar-refractivity contribution in [3.05, 3.63) is 42.7 Å². The van der Waals surface area contributed by atoms with E-state index in [0.717, 1.165) is 24.8 Å². The van der Waals surface area contributed by atoms with E-state index in [1.807, 2.05) is 18.2 Å². The van der Waals surface area contributed by atoms with E-state index in [-0.39, 0.29) is 6.10 Å². The predicted molar refractivity (Wildman–Crippen MR) is 58.0 cm³/mol. The SMILES string of the molecule is C=CCCCC(O)Cc1cccnc1. The summed E-state index contributed by atoms with van der Waals surface area (Å²) in [5, 5.41) is 9.67. The Labute approximate surface area is 85.3 Å². The van der Waals surface area contributed by atoms with Gasteiger partial charge in [0.1, 0.15) is 0 Å². The molecule has 0 aromatic carbocycles. The van der Waals surface area contributed by atoms with Gasteiger partial charge in [0.15, 0.2) is 0 Å². The first-order chi connectivity index (χ1) is 6.83. The van der Waals surface area contributed by atoms with E-state index in [1.54, 1.807) is 12.4 Å². The summed E-state index contributed by atoms with van der Waals surface area (Å²) in [4.78, 5) is 4.01. The second-order valence-electron chi connectivity index (χ2n) is 3.44. The minimum atomic E-state index is -0.251. The number of pyridine rings is 1. The average molecular weight is 191 g/mol. The molecule has 1 aromatic heterocycles. The summed E-state index contributed by atoms with van der Waals surface area (Å²) in [6.45, 7) is 3.65. The van der Waals surface area contributed by atoms with Crippen LogP contribution in [0.2, 0.25) is 0 Å². The molecule has 0 aliphatic carbocycles. The molecule has 2 nitrogen and oxygen atoms in total. The monoisotopic (exact) mass is 191 g/mol. The summed E-state index contributed by atoms with van der Waals surface area (Å²) in [6.07, 6.45) is 8.70. The number of hydrogen-bond acceptors (Lipinski definition) is 2. The summed E-state index contributed by atoms with van der Waals surface area (Å²) >= 11 is 0. The van der Waals surface area contributed by atoms with E-state index in [4.69, 9.17) is 0 Å². The second-order valence-corrected chi connectivity index (χ2v) is 3.44. The lowest BCUT2D eigenvalue weighted by Crippen LogP contribution is -2.10. The molecule has 0 aliphatic rings. The lowest BCUT2D eigenvalue weighted by atomic mass is 10.1. The van der Waals surface area contributed by atoms with Gasteiger partial charge >= 0.3 is 0 Å². The van der Waals surface area contributed by atoms with Gasteiger partial charge in [-0.2, -0.15) is 0 Å². The van der Waals surface area contributed by atoms with Gasteiger partial charge in [0, 0.05) is 12.4 Å². The van der Waals surface area contributed by atoms with E-state index in [1.165, 1.54) is 0 Å². The Morgan fingerprint density at radius 1 is 1.57 bits per heavy atom. The fraction of sp³-hybridized carbons (Fsp3) is 0.417. The van der Waals surface area contributed by atoms with Crippen LogP contribution in [-0.2, 0) is 6.42 Å². The van der Waals surface area contributed by atoms with Crippen molar-refractivity contribution in [2.24, 2.45) is 0 Å². The van der Waals surface area contributed by atoms with E-state index in [2.05, 4.69) is 11.6 Å². The van der Waals surface area contributed by atoms with Gasteiger partial charge in [-0.05, 0) is 37.3 Å². The van der Waals surface area contributed by atoms with Crippen molar-refractivity contribution in [3.63, 3.8) is 0 Å². The van der Waals surface area contributed by atoms with Gasteiger partial charge in [-0.25, -0.2) is 0 Å². The largest absolute Gasteiger partial charge is 0.393 e. The first kappa shape index (κ1) is 10.9. The molecule has 0 amide bonds. The van der Waals surface area contributed by atoms with Crippen molar-refractivity contribution in [2.75, 3.05) is 0 Å². The Morgan fingerprint density at radius 2 is 2.43 bits per heavy atom. The zero-order valence-corrected chi connectivity index (χ0v) is 8.39. The van der Waals surface area contributed by atoms with Crippen LogP contribution in [-0.4, -0.2) is 16.2 Å². The zero-order chi connectivity index (χ0) is 10.2. The number of aliphatic hydroxyl groups excluding tert-OH is 1. The highest BCUT2D eigenvalue weighted by molar-refractivity contribution is 5.09. The van der Waals surface area contributed by atoms with Crippen LogP contribution < -0.4 is 0 Å². The Balaban J connectivity index is 2.26. The van der Waals surface area contributed by atoms with Crippen molar-refractivity contribution >= 4 is 0 Å². The van der Waals surface area contributed by atoms with E-state index in [0.29, 0.717) is 6.42 Å². The summed E-state index contributed by atoms with van der Waals surface area (Å²) in [7, 11) is 0. The minimum absolute atomic E-state index is 0.251. The standard InChI is InChI=1S/C12H17NO/c1-2-3-4-7-12(14)9-11-6-5-8-13-10-11/h2,5-6,8,10,12,14H,1,3-4,7,9H2. The van der Waals surface area contributed by atoms with Crippen molar-refractivity contribution < 1.29 is 5.11 Å². The molecule has 1 unspecified atom stereocenters. The lowest BCUT2D eigenvalue weighted by molar-refractivity contribution is 0.162. The van der Waals surface area contributed by atoms with Crippen LogP contribution in [0.15, 0.2) is 37.2 Å². The van der Waals surface area contributed by atoms with Crippen LogP contribution in [0.25, 0.3) is 0 Å². The maximum atomic E-state index is 9.67. The van der Waals surface area contributed by atoms with Crippen LogP contribution in [0.4, 0.5) is 0 Å². The number of allylic oxidation sites excluding steroid dienone is 1. The topological polar surface area (TPSA) is 33.1 Å². The fourth-order valence-corrected chi connectivity index (χ4v) is 1.39. The first-order valence-electron chi connectivity index (χ1n) is 5.01. The molecular formula is C12H17NO. The number of rotatable bonds is 6. The minimum Gasteiger partial charge on any atom is -0.393 e. The molecule has 0 radical (unpaired) electrons. The highest BCUT2D eigenvalue weighted by atomic mass is 16.3. The third-order valence-corrected chi connectivity index (χ3v) is 2.14. The van der Waals surface area contributed by atoms with Crippen LogP contribution in [0, 0.1) is 0 Å². The van der Waals surface area contributed by atoms with Crippen LogP contribution in [0.3, 0.4) is 0 Å². The third-order valence-electron chi connectivity index (χ3n) is 2.14. The normalized spacial score (nSPS) is 12.4. The van der Waals surface area contributed by atoms with E-state index in [9.17, 15) is 5.11 Å². The molecule has 1 atom stereocenters.